The third-order valence-electron chi connectivity index (χ3n) is 3.30. The molecule has 172 valence electrons. The molecule has 1 aromatic heterocycles. The summed E-state index contributed by atoms with van der Waals surface area (Å²) in [5.41, 5.74) is 4.19. The number of rotatable bonds is 8. The van der Waals surface area contributed by atoms with Crippen LogP contribution in [0.25, 0.3) is 0 Å². The van der Waals surface area contributed by atoms with Crippen LogP contribution in [0.3, 0.4) is 0 Å². The first-order valence-corrected chi connectivity index (χ1v) is 12.2. The number of hydrogen-bond acceptors (Lipinski definition) is 11. The average Bonchev–Trinajstić information content (AvgIpc) is 2.73. The second kappa shape index (κ2) is 8.64. The summed E-state index contributed by atoms with van der Waals surface area (Å²) in [7, 11) is -16.9. The number of phosphoric acid groups is 3. The Hall–Kier alpha value is -0.770. The molecule has 1 aliphatic rings. The van der Waals surface area contributed by atoms with E-state index in [2.05, 4.69) is 18.1 Å². The number of alkyl halides is 2. The van der Waals surface area contributed by atoms with Crippen molar-refractivity contribution in [3.63, 3.8) is 0 Å². The van der Waals surface area contributed by atoms with Crippen LogP contribution in [-0.2, 0) is 31.6 Å². The van der Waals surface area contributed by atoms with Crippen molar-refractivity contribution in [3.05, 3.63) is 22.7 Å². The van der Waals surface area contributed by atoms with E-state index in [-0.39, 0.29) is 5.82 Å². The van der Waals surface area contributed by atoms with Gasteiger partial charge in [-0.1, -0.05) is 11.6 Å². The number of nitrogens with two attached hydrogens (primary N) is 1. The fourth-order valence-electron chi connectivity index (χ4n) is 2.18. The summed E-state index contributed by atoms with van der Waals surface area (Å²) in [5, 5.41) is 6.80. The van der Waals surface area contributed by atoms with Gasteiger partial charge >= 0.3 is 29.2 Å². The first-order valence-electron chi connectivity index (χ1n) is 7.28. The molecule has 0 spiro atoms. The minimum absolute atomic E-state index is 0.210. The molecule has 1 saturated heterocycles. The standard InChI is InChI=1S/C9H14ClFN3O13P3/c10-9(11)6(15)4(25-7(9)14-2-1-5(12)13-8(14)16)3-24-29(20,21)27-30(22,23)26-28(17,18)19/h1-2,4,6-7,15H,3H2,(H,20,21)(H,22,23)(H2,12,13,16)(H2,17,18,19)/t4-,6-,7-,9-/m1/s1. The molecule has 0 saturated carbocycles. The van der Waals surface area contributed by atoms with Gasteiger partial charge < -0.3 is 35.2 Å². The maximum absolute atomic E-state index is 14.7. The van der Waals surface area contributed by atoms with Gasteiger partial charge in [-0.3, -0.25) is 9.09 Å². The minimum Gasteiger partial charge on any atom is -0.385 e. The van der Waals surface area contributed by atoms with E-state index in [4.69, 9.17) is 36.8 Å². The number of nitrogen functional groups attached to an aromatic ring is 1. The molecule has 0 radical (unpaired) electrons. The molecule has 2 rings (SSSR count). The van der Waals surface area contributed by atoms with E-state index in [9.17, 15) is 32.9 Å². The fraction of sp³-hybridized carbons (Fsp3) is 0.556. The minimum atomic E-state index is -5.78. The van der Waals surface area contributed by atoms with Gasteiger partial charge in [0.05, 0.1) is 6.61 Å². The maximum atomic E-state index is 14.7. The smallest absolute Gasteiger partial charge is 0.385 e. The lowest BCUT2D eigenvalue weighted by Crippen LogP contribution is -2.41. The average molecular weight is 520 g/mol. The number of aliphatic hydroxyl groups excluding tert-OH is 1. The van der Waals surface area contributed by atoms with Crippen LogP contribution in [0, 0.1) is 0 Å². The largest absolute Gasteiger partial charge is 0.490 e. The van der Waals surface area contributed by atoms with E-state index >= 15 is 0 Å². The Morgan fingerprint density at radius 2 is 1.87 bits per heavy atom. The normalized spacial score (nSPS) is 31.2. The summed E-state index contributed by atoms with van der Waals surface area (Å²) in [6.45, 7) is -1.20. The van der Waals surface area contributed by atoms with Gasteiger partial charge in [0.25, 0.3) is 5.13 Å². The van der Waals surface area contributed by atoms with Crippen molar-refractivity contribution >= 4 is 40.9 Å². The molecule has 0 amide bonds. The molecule has 6 atom stereocenters. The predicted octanol–water partition coefficient (Wildman–Crippen LogP) is -0.668. The predicted molar refractivity (Wildman–Crippen MR) is 92.3 cm³/mol. The van der Waals surface area contributed by atoms with Crippen molar-refractivity contribution in [3.8, 4) is 0 Å². The van der Waals surface area contributed by atoms with Gasteiger partial charge in [-0.15, -0.1) is 0 Å². The van der Waals surface area contributed by atoms with Crippen LogP contribution in [0.4, 0.5) is 10.2 Å². The number of aromatic nitrogens is 2. The van der Waals surface area contributed by atoms with Crippen LogP contribution >= 0.6 is 35.1 Å². The Kier molecular flexibility index (Phi) is 7.34. The molecule has 1 aromatic rings. The summed E-state index contributed by atoms with van der Waals surface area (Å²) >= 11 is 5.58. The lowest BCUT2D eigenvalue weighted by atomic mass is 10.1. The number of ether oxygens (including phenoxy) is 1. The number of aliphatic hydroxyl groups is 1. The number of nitrogens with zero attached hydrogens (tertiary/aromatic N) is 2. The van der Waals surface area contributed by atoms with Crippen LogP contribution in [-0.4, -0.2) is 58.2 Å². The van der Waals surface area contributed by atoms with E-state index in [1.807, 2.05) is 0 Å². The van der Waals surface area contributed by atoms with Gasteiger partial charge in [0, 0.05) is 6.20 Å². The highest BCUT2D eigenvalue weighted by Crippen LogP contribution is 2.66. The maximum Gasteiger partial charge on any atom is 0.490 e. The molecule has 21 heteroatoms. The summed E-state index contributed by atoms with van der Waals surface area (Å²) in [4.78, 5) is 50.4. The van der Waals surface area contributed by atoms with E-state index in [0.717, 1.165) is 12.3 Å². The number of hydrogen-bond donors (Lipinski definition) is 6. The molecular weight excluding hydrogens is 505 g/mol. The van der Waals surface area contributed by atoms with E-state index in [1.165, 1.54) is 0 Å². The topological polar surface area (TPSA) is 250 Å². The first-order chi connectivity index (χ1) is 13.4. The number of phosphoric ester groups is 1. The Bertz CT molecular complexity index is 1000. The van der Waals surface area contributed by atoms with Gasteiger partial charge in [-0.25, -0.2) is 22.9 Å². The number of halogens is 2. The van der Waals surface area contributed by atoms with Crippen molar-refractivity contribution in [2.45, 2.75) is 23.6 Å². The molecule has 7 N–H and O–H groups in total. The van der Waals surface area contributed by atoms with Gasteiger partial charge in [0.15, 0.2) is 6.23 Å². The Morgan fingerprint density at radius 3 is 2.40 bits per heavy atom. The summed E-state index contributed by atoms with van der Waals surface area (Å²) in [6, 6.07) is 1.09. The molecule has 1 fully saturated rings. The molecule has 30 heavy (non-hydrogen) atoms. The molecule has 2 unspecified atom stereocenters. The van der Waals surface area contributed by atoms with Crippen molar-refractivity contribution in [1.29, 1.82) is 0 Å². The second-order valence-electron chi connectivity index (χ2n) is 5.58. The van der Waals surface area contributed by atoms with Crippen LogP contribution in [0.5, 0.6) is 0 Å². The molecule has 2 heterocycles. The van der Waals surface area contributed by atoms with Crippen LogP contribution in [0.2, 0.25) is 0 Å². The van der Waals surface area contributed by atoms with Crippen LogP contribution in [0.1, 0.15) is 6.23 Å². The summed E-state index contributed by atoms with van der Waals surface area (Å²) in [5.74, 6) is -0.210. The highest BCUT2D eigenvalue weighted by molar-refractivity contribution is 7.66. The zero-order valence-electron chi connectivity index (χ0n) is 14.2. The highest BCUT2D eigenvalue weighted by Gasteiger charge is 2.58. The SMILES string of the molecule is Nc1ccn([C@@H]2O[C@H](COP(=O)(O)OP(=O)(O)OP(=O)(O)O)[C@@H](O)[C@]2(F)Cl)c(=O)n1. The molecular formula is C9H14ClFN3O13P3. The van der Waals surface area contributed by atoms with Crippen LogP contribution in [0.15, 0.2) is 17.1 Å². The first kappa shape index (κ1) is 25.5. The van der Waals surface area contributed by atoms with Crippen molar-refractivity contribution in [2.24, 2.45) is 0 Å². The monoisotopic (exact) mass is 519 g/mol. The Morgan fingerprint density at radius 1 is 1.27 bits per heavy atom. The van der Waals surface area contributed by atoms with Gasteiger partial charge in [-0.2, -0.15) is 13.6 Å². The van der Waals surface area contributed by atoms with Gasteiger partial charge in [0.1, 0.15) is 18.0 Å². The van der Waals surface area contributed by atoms with E-state index in [0.29, 0.717) is 4.57 Å². The molecule has 16 nitrogen and oxygen atoms in total. The van der Waals surface area contributed by atoms with Crippen molar-refractivity contribution in [1.82, 2.24) is 9.55 Å². The molecule has 0 bridgehead atoms. The fourth-order valence-corrected chi connectivity index (χ4v) is 5.51. The Balaban J connectivity index is 2.12. The molecule has 1 aliphatic heterocycles. The molecule has 0 aliphatic carbocycles. The van der Waals surface area contributed by atoms with Gasteiger partial charge in [0.2, 0.25) is 0 Å². The molecule has 0 aromatic carbocycles. The lowest BCUT2D eigenvalue weighted by molar-refractivity contribution is -0.0508. The Labute approximate surface area is 170 Å². The lowest BCUT2D eigenvalue weighted by Gasteiger charge is -2.22. The summed E-state index contributed by atoms with van der Waals surface area (Å²) in [6.07, 6.45) is -5.14. The van der Waals surface area contributed by atoms with Crippen molar-refractivity contribution in [2.75, 3.05) is 12.3 Å². The van der Waals surface area contributed by atoms with Gasteiger partial charge in [-0.05, 0) is 6.07 Å². The van der Waals surface area contributed by atoms with E-state index in [1.54, 1.807) is 0 Å². The summed E-state index contributed by atoms with van der Waals surface area (Å²) < 4.78 is 65.0. The third-order valence-corrected chi connectivity index (χ3v) is 7.51. The quantitative estimate of drug-likeness (QED) is 0.184. The number of anilines is 1. The second-order valence-corrected chi connectivity index (χ2v) is 10.6. The zero-order chi connectivity index (χ0) is 23.1. The van der Waals surface area contributed by atoms with Crippen LogP contribution < -0.4 is 11.4 Å². The van der Waals surface area contributed by atoms with E-state index < -0.39 is 59.3 Å². The third kappa shape index (κ3) is 6.37. The highest BCUT2D eigenvalue weighted by atomic mass is 35.5. The van der Waals surface area contributed by atoms with Crippen molar-refractivity contribution < 1.29 is 60.6 Å². The zero-order valence-corrected chi connectivity index (χ0v) is 17.6.